The SMILES string of the molecule is CNC(=O)c1sc2ccc(NC(=O)c3cnccn3)cc2c1OC. The summed E-state index contributed by atoms with van der Waals surface area (Å²) >= 11 is 1.33. The van der Waals surface area contributed by atoms with Gasteiger partial charge in [-0.25, -0.2) is 4.98 Å². The lowest BCUT2D eigenvalue weighted by Crippen LogP contribution is -2.16. The minimum absolute atomic E-state index is 0.210. The van der Waals surface area contributed by atoms with Gasteiger partial charge in [-0.1, -0.05) is 0 Å². The van der Waals surface area contributed by atoms with Gasteiger partial charge in [-0.05, 0) is 18.2 Å². The Morgan fingerprint density at radius 2 is 2.04 bits per heavy atom. The van der Waals surface area contributed by atoms with Crippen molar-refractivity contribution in [3.05, 3.63) is 47.4 Å². The van der Waals surface area contributed by atoms with E-state index in [1.54, 1.807) is 19.2 Å². The normalized spacial score (nSPS) is 10.4. The van der Waals surface area contributed by atoms with Crippen LogP contribution in [-0.4, -0.2) is 35.9 Å². The largest absolute Gasteiger partial charge is 0.494 e. The topological polar surface area (TPSA) is 93.2 Å². The molecule has 0 atom stereocenters. The predicted octanol–water partition coefficient (Wildman–Crippen LogP) is 2.31. The summed E-state index contributed by atoms with van der Waals surface area (Å²) < 4.78 is 6.27. The van der Waals surface area contributed by atoms with Gasteiger partial charge in [0.15, 0.2) is 0 Å². The molecule has 2 amide bonds. The maximum atomic E-state index is 12.2. The summed E-state index contributed by atoms with van der Waals surface area (Å²) in [6.07, 6.45) is 4.34. The smallest absolute Gasteiger partial charge is 0.275 e. The van der Waals surface area contributed by atoms with Crippen LogP contribution in [0.3, 0.4) is 0 Å². The van der Waals surface area contributed by atoms with Crippen molar-refractivity contribution >= 4 is 38.9 Å². The van der Waals surface area contributed by atoms with Crippen molar-refractivity contribution in [1.29, 1.82) is 0 Å². The minimum Gasteiger partial charge on any atom is -0.494 e. The molecule has 1 aromatic carbocycles. The number of hydrogen-bond acceptors (Lipinski definition) is 6. The van der Waals surface area contributed by atoms with Gasteiger partial charge >= 0.3 is 0 Å². The highest BCUT2D eigenvalue weighted by molar-refractivity contribution is 7.21. The number of nitrogens with one attached hydrogen (secondary N) is 2. The number of carbonyl (C=O) groups is 2. The van der Waals surface area contributed by atoms with Gasteiger partial charge in [0.1, 0.15) is 16.3 Å². The van der Waals surface area contributed by atoms with Crippen LogP contribution >= 0.6 is 11.3 Å². The van der Waals surface area contributed by atoms with E-state index in [0.717, 1.165) is 10.1 Å². The van der Waals surface area contributed by atoms with E-state index in [2.05, 4.69) is 20.6 Å². The summed E-state index contributed by atoms with van der Waals surface area (Å²) in [6, 6.07) is 5.37. The van der Waals surface area contributed by atoms with Gasteiger partial charge < -0.3 is 15.4 Å². The minimum atomic E-state index is -0.358. The van der Waals surface area contributed by atoms with E-state index in [4.69, 9.17) is 4.74 Å². The molecular weight excluding hydrogens is 328 g/mol. The lowest BCUT2D eigenvalue weighted by Gasteiger charge is -2.05. The Balaban J connectivity index is 1.96. The average molecular weight is 342 g/mol. The Kier molecular flexibility index (Phi) is 4.39. The number of rotatable bonds is 4. The first kappa shape index (κ1) is 15.9. The molecule has 0 saturated heterocycles. The lowest BCUT2D eigenvalue weighted by atomic mass is 10.2. The number of aromatic nitrogens is 2. The van der Waals surface area contributed by atoms with E-state index in [1.807, 2.05) is 6.07 Å². The number of amides is 2. The van der Waals surface area contributed by atoms with Crippen molar-refractivity contribution in [3.63, 3.8) is 0 Å². The van der Waals surface area contributed by atoms with E-state index in [-0.39, 0.29) is 17.5 Å². The molecule has 122 valence electrons. The quantitative estimate of drug-likeness (QED) is 0.759. The van der Waals surface area contributed by atoms with Crippen LogP contribution in [0.1, 0.15) is 20.2 Å². The summed E-state index contributed by atoms with van der Waals surface area (Å²) in [5.74, 6) is -0.0775. The second kappa shape index (κ2) is 6.63. The van der Waals surface area contributed by atoms with Crippen LogP contribution in [0.15, 0.2) is 36.8 Å². The Morgan fingerprint density at radius 3 is 2.71 bits per heavy atom. The molecule has 24 heavy (non-hydrogen) atoms. The molecule has 0 spiro atoms. The molecule has 2 heterocycles. The summed E-state index contributed by atoms with van der Waals surface area (Å²) in [4.78, 5) is 32.4. The molecule has 0 fully saturated rings. The maximum absolute atomic E-state index is 12.2. The van der Waals surface area contributed by atoms with Crippen molar-refractivity contribution < 1.29 is 14.3 Å². The van der Waals surface area contributed by atoms with Gasteiger partial charge in [0, 0.05) is 35.2 Å². The van der Waals surface area contributed by atoms with Gasteiger partial charge in [-0.3, -0.25) is 14.6 Å². The summed E-state index contributed by atoms with van der Waals surface area (Å²) in [5, 5.41) is 6.12. The Bertz CT molecular complexity index is 908. The average Bonchev–Trinajstić information content (AvgIpc) is 2.99. The lowest BCUT2D eigenvalue weighted by molar-refractivity contribution is 0.0963. The number of methoxy groups -OCH3 is 1. The zero-order valence-corrected chi connectivity index (χ0v) is 13.8. The molecule has 3 aromatic rings. The molecule has 0 radical (unpaired) electrons. The van der Waals surface area contributed by atoms with Crippen molar-refractivity contribution in [3.8, 4) is 5.75 Å². The fourth-order valence-corrected chi connectivity index (χ4v) is 3.33. The van der Waals surface area contributed by atoms with E-state index < -0.39 is 0 Å². The van der Waals surface area contributed by atoms with Crippen LogP contribution < -0.4 is 15.4 Å². The number of anilines is 1. The maximum Gasteiger partial charge on any atom is 0.275 e. The van der Waals surface area contributed by atoms with Gasteiger partial charge in [0.25, 0.3) is 11.8 Å². The Morgan fingerprint density at radius 1 is 1.21 bits per heavy atom. The van der Waals surface area contributed by atoms with Crippen molar-refractivity contribution in [2.24, 2.45) is 0 Å². The zero-order valence-electron chi connectivity index (χ0n) is 13.0. The number of benzene rings is 1. The molecule has 7 nitrogen and oxygen atoms in total. The first-order valence-corrected chi connectivity index (χ1v) is 7.85. The number of thiophene rings is 1. The first-order chi connectivity index (χ1) is 11.6. The predicted molar refractivity (Wildman–Crippen MR) is 91.8 cm³/mol. The Labute approximate surface area is 141 Å². The Hall–Kier alpha value is -3.00. The van der Waals surface area contributed by atoms with Crippen LogP contribution in [0.25, 0.3) is 10.1 Å². The van der Waals surface area contributed by atoms with Gasteiger partial charge in [-0.15, -0.1) is 11.3 Å². The number of carbonyl (C=O) groups excluding carboxylic acids is 2. The fraction of sp³-hybridized carbons (Fsp3) is 0.125. The molecule has 8 heteroatoms. The third kappa shape index (κ3) is 2.91. The van der Waals surface area contributed by atoms with Crippen LogP contribution in [0, 0.1) is 0 Å². The molecular formula is C16H14N4O3S. The van der Waals surface area contributed by atoms with Gasteiger partial charge in [0.2, 0.25) is 0 Å². The van der Waals surface area contributed by atoms with Crippen molar-refractivity contribution in [1.82, 2.24) is 15.3 Å². The first-order valence-electron chi connectivity index (χ1n) is 7.04. The molecule has 0 aliphatic rings. The number of ether oxygens (including phenoxy) is 1. The highest BCUT2D eigenvalue weighted by atomic mass is 32.1. The highest BCUT2D eigenvalue weighted by Crippen LogP contribution is 2.39. The summed E-state index contributed by atoms with van der Waals surface area (Å²) in [7, 11) is 3.08. The molecule has 3 rings (SSSR count). The summed E-state index contributed by atoms with van der Waals surface area (Å²) in [5.41, 5.74) is 0.804. The van der Waals surface area contributed by atoms with E-state index in [0.29, 0.717) is 16.3 Å². The van der Waals surface area contributed by atoms with Gasteiger partial charge in [0.05, 0.1) is 13.3 Å². The molecule has 2 N–H and O–H groups in total. The second-order valence-corrected chi connectivity index (χ2v) is 5.85. The monoisotopic (exact) mass is 342 g/mol. The number of fused-ring (bicyclic) bond motifs is 1. The highest BCUT2D eigenvalue weighted by Gasteiger charge is 2.19. The zero-order chi connectivity index (χ0) is 17.1. The van der Waals surface area contributed by atoms with E-state index in [9.17, 15) is 9.59 Å². The number of nitrogens with zero attached hydrogens (tertiary/aromatic N) is 2. The van der Waals surface area contributed by atoms with E-state index >= 15 is 0 Å². The van der Waals surface area contributed by atoms with Crippen LogP contribution in [-0.2, 0) is 0 Å². The standard InChI is InChI=1S/C16H14N4O3S/c1-17-16(22)14-13(23-2)10-7-9(3-4-12(10)24-14)20-15(21)11-8-18-5-6-19-11/h3-8H,1-2H3,(H,17,22)(H,20,21). The van der Waals surface area contributed by atoms with E-state index in [1.165, 1.54) is 37.0 Å². The fourth-order valence-electron chi connectivity index (χ4n) is 2.23. The third-order valence-corrected chi connectivity index (χ3v) is 4.48. The van der Waals surface area contributed by atoms with Gasteiger partial charge in [-0.2, -0.15) is 0 Å². The second-order valence-electron chi connectivity index (χ2n) is 4.80. The molecule has 2 aromatic heterocycles. The van der Waals surface area contributed by atoms with Crippen molar-refractivity contribution in [2.45, 2.75) is 0 Å². The molecule has 0 unspecified atom stereocenters. The third-order valence-electron chi connectivity index (χ3n) is 3.33. The molecule has 0 aliphatic heterocycles. The van der Waals surface area contributed by atoms with Crippen LogP contribution in [0.4, 0.5) is 5.69 Å². The molecule has 0 aliphatic carbocycles. The van der Waals surface area contributed by atoms with Crippen LogP contribution in [0.5, 0.6) is 5.75 Å². The van der Waals surface area contributed by atoms with Crippen molar-refractivity contribution in [2.75, 3.05) is 19.5 Å². The summed E-state index contributed by atoms with van der Waals surface area (Å²) in [6.45, 7) is 0. The molecule has 0 saturated carbocycles. The molecule has 0 bridgehead atoms. The van der Waals surface area contributed by atoms with Crippen LogP contribution in [0.2, 0.25) is 0 Å². The number of hydrogen-bond donors (Lipinski definition) is 2.